The van der Waals surface area contributed by atoms with Crippen LogP contribution in [0.4, 0.5) is 11.4 Å². The molecule has 2 unspecified atom stereocenters. The fraction of sp³-hybridized carbons (Fsp3) is 0.364. The summed E-state index contributed by atoms with van der Waals surface area (Å²) >= 11 is 2.91. The van der Waals surface area contributed by atoms with Gasteiger partial charge in [0.15, 0.2) is 0 Å². The number of nitrogens with zero attached hydrogens (tertiary/aromatic N) is 1. The minimum atomic E-state index is 0.573. The van der Waals surface area contributed by atoms with Crippen LogP contribution in [0, 0.1) is 0 Å². The van der Waals surface area contributed by atoms with Crippen molar-refractivity contribution in [3.8, 4) is 5.75 Å². The van der Waals surface area contributed by atoms with E-state index in [-0.39, 0.29) is 0 Å². The molecular weight excluding hydrogens is 383 g/mol. The van der Waals surface area contributed by atoms with Crippen molar-refractivity contribution < 1.29 is 4.74 Å². The van der Waals surface area contributed by atoms with E-state index in [2.05, 4.69) is 64.6 Å². The number of ether oxygens (including phenoxy) is 1. The maximum atomic E-state index is 5.42. The third kappa shape index (κ3) is 2.21. The topological polar surface area (TPSA) is 21.3 Å². The van der Waals surface area contributed by atoms with Crippen molar-refractivity contribution in [2.75, 3.05) is 26.7 Å². The second kappa shape index (κ2) is 6.26. The van der Waals surface area contributed by atoms with Gasteiger partial charge in [0.2, 0.25) is 0 Å². The van der Waals surface area contributed by atoms with Crippen LogP contribution < -0.4 is 14.5 Å². The van der Waals surface area contributed by atoms with Crippen molar-refractivity contribution >= 4 is 33.8 Å². The van der Waals surface area contributed by atoms with Crippen LogP contribution >= 0.6 is 0 Å². The van der Waals surface area contributed by atoms with Gasteiger partial charge in [-0.1, -0.05) is 0 Å². The molecule has 3 aliphatic rings. The van der Waals surface area contributed by atoms with Gasteiger partial charge in [-0.25, -0.2) is 0 Å². The van der Waals surface area contributed by atoms with Gasteiger partial charge in [-0.2, -0.15) is 0 Å². The van der Waals surface area contributed by atoms with E-state index < -0.39 is 0 Å². The first-order valence-corrected chi connectivity index (χ1v) is 10.6. The molecule has 0 aromatic heterocycles. The number of nitrogens with one attached hydrogen (secondary N) is 1. The van der Waals surface area contributed by atoms with Crippen molar-refractivity contribution in [3.05, 3.63) is 59.3 Å². The molecule has 2 radical (unpaired) electrons. The van der Waals surface area contributed by atoms with Crippen LogP contribution in [-0.4, -0.2) is 43.6 Å². The molecule has 5 rings (SSSR count). The van der Waals surface area contributed by atoms with Crippen LogP contribution in [0.2, 0.25) is 0 Å². The summed E-state index contributed by atoms with van der Waals surface area (Å²) in [5.74, 6) is 0.929. The van der Waals surface area contributed by atoms with E-state index in [9.17, 15) is 0 Å². The normalized spacial score (nSPS) is 26.9. The predicted octanol–water partition coefficient (Wildman–Crippen LogP) is 4.06. The van der Waals surface area contributed by atoms with E-state index in [0.717, 1.165) is 42.7 Å². The summed E-state index contributed by atoms with van der Waals surface area (Å²) in [6.07, 6.45) is 3.45. The molecule has 0 saturated carbocycles. The fourth-order valence-electron chi connectivity index (χ4n) is 5.16. The van der Waals surface area contributed by atoms with Crippen LogP contribution in [0.15, 0.2) is 48.2 Å². The van der Waals surface area contributed by atoms with E-state index in [1.807, 2.05) is 0 Å². The molecule has 26 heavy (non-hydrogen) atoms. The van der Waals surface area contributed by atoms with E-state index in [1.165, 1.54) is 23.2 Å². The molecule has 132 valence electrons. The second-order valence-electron chi connectivity index (χ2n) is 7.45. The summed E-state index contributed by atoms with van der Waals surface area (Å²) in [5, 5.41) is 3.60. The van der Waals surface area contributed by atoms with Gasteiger partial charge in [-0.05, 0) is 0 Å². The van der Waals surface area contributed by atoms with E-state index in [4.69, 9.17) is 4.74 Å². The number of fused-ring (bicyclic) bond motifs is 2. The van der Waals surface area contributed by atoms with Gasteiger partial charge in [-0.3, -0.25) is 0 Å². The first-order chi connectivity index (χ1) is 12.8. The Morgan fingerprint density at radius 1 is 1.08 bits per heavy atom. The molecule has 3 aliphatic heterocycles. The molecular formula is C22H24AsN2O+. The SMILES string of the molecule is COc1ccc([N+]23CCC([As])c4cccc(c42)C2=C3CCNCC2)cc1. The zero-order valence-electron chi connectivity index (χ0n) is 15.2. The van der Waals surface area contributed by atoms with Gasteiger partial charge in [0.25, 0.3) is 0 Å². The van der Waals surface area contributed by atoms with Crippen molar-refractivity contribution in [1.29, 1.82) is 0 Å². The monoisotopic (exact) mass is 407 g/mol. The first-order valence-electron chi connectivity index (χ1n) is 9.53. The molecule has 2 atom stereocenters. The van der Waals surface area contributed by atoms with E-state index >= 15 is 0 Å². The standard InChI is InChI=1S/C22H24AsN2O/c1-26-16-7-5-15(6-8-16)25-14-11-20(23)19-4-2-3-18(22(19)25)17-9-12-24-13-10-21(17)25/h2-8,20,24H,9-14H2,1H3/q+1. The number of hydrogen-bond donors (Lipinski definition) is 1. The molecule has 0 spiro atoms. The zero-order chi connectivity index (χ0) is 17.7. The average molecular weight is 407 g/mol. The van der Waals surface area contributed by atoms with Crippen molar-refractivity contribution in [3.63, 3.8) is 0 Å². The van der Waals surface area contributed by atoms with Crippen LogP contribution in [0.25, 0.3) is 5.57 Å². The zero-order valence-corrected chi connectivity index (χ0v) is 17.0. The van der Waals surface area contributed by atoms with Gasteiger partial charge in [-0.15, -0.1) is 0 Å². The third-order valence-electron chi connectivity index (χ3n) is 6.28. The Morgan fingerprint density at radius 2 is 1.88 bits per heavy atom. The average Bonchev–Trinajstić information content (AvgIpc) is 2.83. The van der Waals surface area contributed by atoms with Crippen molar-refractivity contribution in [2.45, 2.75) is 24.0 Å². The molecule has 0 amide bonds. The fourth-order valence-corrected chi connectivity index (χ4v) is 5.83. The van der Waals surface area contributed by atoms with Crippen LogP contribution in [0.1, 0.15) is 35.1 Å². The molecule has 0 fully saturated rings. The van der Waals surface area contributed by atoms with Gasteiger partial charge in [0, 0.05) is 0 Å². The molecule has 3 heterocycles. The molecule has 2 aromatic carbocycles. The number of rotatable bonds is 2. The predicted molar refractivity (Wildman–Crippen MR) is 108 cm³/mol. The third-order valence-corrected chi connectivity index (χ3v) is 7.41. The molecule has 0 aliphatic carbocycles. The van der Waals surface area contributed by atoms with Crippen molar-refractivity contribution in [1.82, 2.24) is 9.80 Å². The number of hydrogen-bond acceptors (Lipinski definition) is 2. The van der Waals surface area contributed by atoms with Gasteiger partial charge in [0.1, 0.15) is 0 Å². The quantitative estimate of drug-likeness (QED) is 0.599. The number of para-hydroxylation sites is 1. The van der Waals surface area contributed by atoms with E-state index in [1.54, 1.807) is 24.1 Å². The molecule has 2 aromatic rings. The summed E-state index contributed by atoms with van der Waals surface area (Å²) in [6, 6.07) is 15.8. The summed E-state index contributed by atoms with van der Waals surface area (Å²) in [7, 11) is 1.74. The summed E-state index contributed by atoms with van der Waals surface area (Å²) in [6.45, 7) is 3.30. The Balaban J connectivity index is 1.80. The molecule has 1 N–H and O–H groups in total. The number of benzene rings is 2. The Labute approximate surface area is 164 Å². The summed E-state index contributed by atoms with van der Waals surface area (Å²) in [4.78, 5) is 0. The molecule has 0 bridgehead atoms. The number of methoxy groups -OCH3 is 1. The Bertz CT molecular complexity index is 890. The number of quaternary nitrogens is 1. The van der Waals surface area contributed by atoms with Crippen LogP contribution in [0.3, 0.4) is 0 Å². The van der Waals surface area contributed by atoms with Crippen LogP contribution in [-0.2, 0) is 0 Å². The maximum absolute atomic E-state index is 5.42. The summed E-state index contributed by atoms with van der Waals surface area (Å²) < 4.78 is 6.92. The van der Waals surface area contributed by atoms with Gasteiger partial charge >= 0.3 is 164 Å². The van der Waals surface area contributed by atoms with Crippen molar-refractivity contribution in [2.24, 2.45) is 0 Å². The Hall–Kier alpha value is -1.54. The molecule has 0 saturated heterocycles. The van der Waals surface area contributed by atoms with Gasteiger partial charge in [0.05, 0.1) is 0 Å². The molecule has 3 nitrogen and oxygen atoms in total. The van der Waals surface area contributed by atoms with Gasteiger partial charge < -0.3 is 0 Å². The summed E-state index contributed by atoms with van der Waals surface area (Å²) in [5.41, 5.74) is 9.14. The first kappa shape index (κ1) is 16.6. The second-order valence-corrected chi connectivity index (χ2v) is 8.76. The Morgan fingerprint density at radius 3 is 2.69 bits per heavy atom. The van der Waals surface area contributed by atoms with E-state index in [0.29, 0.717) is 4.71 Å². The van der Waals surface area contributed by atoms with Crippen LogP contribution in [0.5, 0.6) is 5.75 Å². The molecule has 4 heteroatoms. The minimum absolute atomic E-state index is 0.573. The Kier molecular flexibility index (Phi) is 4.00.